The third-order valence-corrected chi connectivity index (χ3v) is 21.5. The smallest absolute Gasteiger partial charge is 0.171 e. The molecule has 2 bridgehead atoms. The Morgan fingerprint density at radius 2 is 1.29 bits per heavy atom. The van der Waals surface area contributed by atoms with Gasteiger partial charge >= 0.3 is 0 Å². The van der Waals surface area contributed by atoms with Crippen LogP contribution in [0, 0.1) is 0 Å². The van der Waals surface area contributed by atoms with Gasteiger partial charge in [0, 0.05) is 44.8 Å². The van der Waals surface area contributed by atoms with Gasteiger partial charge in [-0.05, 0) is 154 Å². The Hall–Kier alpha value is -8.70. The van der Waals surface area contributed by atoms with Gasteiger partial charge in [0.15, 0.2) is 8.07 Å². The number of hydrogen-bond acceptors (Lipinski definition) is 3. The summed E-state index contributed by atoms with van der Waals surface area (Å²) in [4.78, 5) is 2.59. The van der Waals surface area contributed by atoms with Crippen LogP contribution in [0.2, 0.25) is 0 Å². The molecule has 2 heterocycles. The van der Waals surface area contributed by atoms with Crippen molar-refractivity contribution in [2.75, 3.05) is 10.2 Å². The standard InChI is InChI=1S/C72H60N2OSi/c1-2-51(47-59-50-75-72-28-15-13-26-68(59)72)52-29-38-60(39-30-52)74(62-42-33-55(34-43-62)56-37-46-71-69(49-56)58-18-16-17-57(48-58)67-25-12-14-27-70(67)73-71)61-40-31-53(32-41-61)54-35-44-66(45-36-54)76(63-19-6-3-7-20-63,64-21-8-4-9-22-64)65-23-10-5-11-24-65/h2-10,12-23,25-31,33-35,37-38,40,42-44,46-50,60,73H,1,11,24,32,36,39,41,45H2. The van der Waals surface area contributed by atoms with Crippen molar-refractivity contribution in [2.45, 2.75) is 51.0 Å². The molecular weight excluding hydrogens is 937 g/mol. The average Bonchev–Trinajstić information content (AvgIpc) is 3.94. The van der Waals surface area contributed by atoms with Crippen molar-refractivity contribution < 1.29 is 4.42 Å². The van der Waals surface area contributed by atoms with E-state index in [9.17, 15) is 0 Å². The van der Waals surface area contributed by atoms with E-state index in [0.717, 1.165) is 78.4 Å². The van der Waals surface area contributed by atoms with E-state index in [1.165, 1.54) is 71.9 Å². The van der Waals surface area contributed by atoms with Gasteiger partial charge in [-0.3, -0.25) is 0 Å². The summed E-state index contributed by atoms with van der Waals surface area (Å²) >= 11 is 0. The fraction of sp³-hybridized carbons (Fsp3) is 0.111. The van der Waals surface area contributed by atoms with Gasteiger partial charge in [0.1, 0.15) is 5.58 Å². The summed E-state index contributed by atoms with van der Waals surface area (Å²) < 4.78 is 5.91. The quantitative estimate of drug-likeness (QED) is 0.0977. The number of allylic oxidation sites excluding steroid dienone is 16. The van der Waals surface area contributed by atoms with Crippen LogP contribution in [0.5, 0.6) is 0 Å². The molecule has 1 unspecified atom stereocenters. The summed E-state index contributed by atoms with van der Waals surface area (Å²) in [5, 5.41) is 11.1. The third kappa shape index (κ3) is 8.78. The molecule has 0 amide bonds. The molecule has 1 aromatic heterocycles. The lowest BCUT2D eigenvalue weighted by atomic mass is 9.89. The molecule has 1 atom stereocenters. The fourth-order valence-electron chi connectivity index (χ4n) is 12.6. The van der Waals surface area contributed by atoms with Crippen LogP contribution in [0.15, 0.2) is 298 Å². The maximum atomic E-state index is 5.91. The number of benzene rings is 7. The number of hydrogen-bond donors (Lipinski definition) is 1. The highest BCUT2D eigenvalue weighted by Gasteiger charge is 2.44. The highest BCUT2D eigenvalue weighted by Crippen LogP contribution is 2.43. The topological polar surface area (TPSA) is 28.4 Å². The molecule has 1 aliphatic heterocycles. The number of para-hydroxylation sites is 2. The van der Waals surface area contributed by atoms with E-state index >= 15 is 0 Å². The largest absolute Gasteiger partial charge is 0.464 e. The van der Waals surface area contributed by atoms with Crippen molar-refractivity contribution in [3.8, 4) is 33.4 Å². The maximum absolute atomic E-state index is 5.91. The Kier molecular flexibility index (Phi) is 12.7. The molecule has 8 aromatic rings. The van der Waals surface area contributed by atoms with E-state index in [1.54, 1.807) is 10.4 Å². The molecule has 0 saturated carbocycles. The molecular formula is C72H60N2OSi. The predicted molar refractivity (Wildman–Crippen MR) is 324 cm³/mol. The third-order valence-electron chi connectivity index (χ3n) is 16.4. The van der Waals surface area contributed by atoms with Gasteiger partial charge in [-0.2, -0.15) is 0 Å². The molecule has 4 heteroatoms. The Balaban J connectivity index is 0.833. The number of nitrogens with zero attached hydrogens (tertiary/aromatic N) is 1. The maximum Gasteiger partial charge on any atom is 0.171 e. The molecule has 0 fully saturated rings. The van der Waals surface area contributed by atoms with Crippen LogP contribution in [-0.4, -0.2) is 14.1 Å². The summed E-state index contributed by atoms with van der Waals surface area (Å²) in [6, 6.07) is 64.8. The molecule has 7 aromatic carbocycles. The van der Waals surface area contributed by atoms with Crippen molar-refractivity contribution in [2.24, 2.45) is 0 Å². The average molecular weight is 997 g/mol. The van der Waals surface area contributed by atoms with Gasteiger partial charge in [-0.15, -0.1) is 0 Å². The van der Waals surface area contributed by atoms with Crippen LogP contribution in [0.25, 0.3) is 50.4 Å². The zero-order chi connectivity index (χ0) is 50.8. The Labute approximate surface area is 448 Å². The fourth-order valence-corrected chi connectivity index (χ4v) is 17.9. The van der Waals surface area contributed by atoms with Gasteiger partial charge in [-0.25, -0.2) is 0 Å². The second-order valence-electron chi connectivity index (χ2n) is 20.6. The second-order valence-corrected chi connectivity index (χ2v) is 24.6. The molecule has 5 aliphatic rings. The first kappa shape index (κ1) is 47.0. The molecule has 76 heavy (non-hydrogen) atoms. The second kappa shape index (κ2) is 20.5. The number of fused-ring (bicyclic) bond motifs is 7. The van der Waals surface area contributed by atoms with Crippen LogP contribution >= 0.6 is 0 Å². The van der Waals surface area contributed by atoms with Crippen LogP contribution in [0.1, 0.15) is 50.5 Å². The first-order chi connectivity index (χ1) is 37.6. The lowest BCUT2D eigenvalue weighted by molar-refractivity contribution is 0.615. The Morgan fingerprint density at radius 1 is 0.592 bits per heavy atom. The lowest BCUT2D eigenvalue weighted by Crippen LogP contribution is -2.62. The number of rotatable bonds is 12. The minimum Gasteiger partial charge on any atom is -0.464 e. The first-order valence-electron chi connectivity index (χ1n) is 27.1. The van der Waals surface area contributed by atoms with Crippen LogP contribution in [-0.2, 0) is 0 Å². The van der Waals surface area contributed by atoms with Crippen molar-refractivity contribution in [1.29, 1.82) is 0 Å². The Morgan fingerprint density at radius 3 is 2.00 bits per heavy atom. The Bertz CT molecular complexity index is 3790. The summed E-state index contributed by atoms with van der Waals surface area (Å²) in [5.41, 5.74) is 19.1. The van der Waals surface area contributed by atoms with Crippen molar-refractivity contribution in [3.05, 3.63) is 300 Å². The number of anilines is 3. The van der Waals surface area contributed by atoms with E-state index in [-0.39, 0.29) is 6.04 Å². The molecule has 368 valence electrons. The normalized spacial score (nSPS) is 17.1. The minimum absolute atomic E-state index is 0.131. The highest BCUT2D eigenvalue weighted by atomic mass is 28.3. The van der Waals surface area contributed by atoms with Gasteiger partial charge in [0.2, 0.25) is 0 Å². The van der Waals surface area contributed by atoms with Gasteiger partial charge in [0.05, 0.1) is 12.3 Å². The van der Waals surface area contributed by atoms with Gasteiger partial charge in [-0.1, -0.05) is 211 Å². The van der Waals surface area contributed by atoms with E-state index in [4.69, 9.17) is 4.42 Å². The van der Waals surface area contributed by atoms with Crippen molar-refractivity contribution >= 4 is 52.6 Å². The van der Waals surface area contributed by atoms with Crippen LogP contribution < -0.4 is 20.6 Å². The van der Waals surface area contributed by atoms with Gasteiger partial charge in [0.25, 0.3) is 0 Å². The van der Waals surface area contributed by atoms with Crippen molar-refractivity contribution in [1.82, 2.24) is 0 Å². The highest BCUT2D eigenvalue weighted by molar-refractivity contribution is 7.12. The minimum atomic E-state index is -2.45. The SMILES string of the molecule is C=CC(=Cc1coc2ccccc12)C1=CCC(N(C2=CC=C(C3=CC=C([Si](C4=CC=CCC4)(c4ccccc4)c4ccccc4)CC3)CC2)c2ccc(-c3ccc4c(c3)-c3cccc(c3)-c3ccccc3N4)cc2)C=C1. The summed E-state index contributed by atoms with van der Waals surface area (Å²) in [5.74, 6) is 0. The molecule has 0 saturated heterocycles. The zero-order valence-electron chi connectivity index (χ0n) is 42.8. The number of nitrogens with one attached hydrogen (secondary N) is 1. The van der Waals surface area contributed by atoms with E-state index < -0.39 is 8.07 Å². The van der Waals surface area contributed by atoms with E-state index in [2.05, 4.69) is 247 Å². The molecule has 0 spiro atoms. The van der Waals surface area contributed by atoms with Crippen molar-refractivity contribution in [3.63, 3.8) is 0 Å². The molecule has 1 N–H and O–H groups in total. The van der Waals surface area contributed by atoms with Crippen LogP contribution in [0.4, 0.5) is 17.1 Å². The molecule has 13 rings (SSSR count). The molecule has 0 radical (unpaired) electrons. The first-order valence-corrected chi connectivity index (χ1v) is 29.1. The number of furan rings is 1. The zero-order valence-corrected chi connectivity index (χ0v) is 43.8. The molecule has 3 nitrogen and oxygen atoms in total. The summed E-state index contributed by atoms with van der Waals surface area (Å²) in [6.07, 6.45) is 37.2. The summed E-state index contributed by atoms with van der Waals surface area (Å²) in [6.45, 7) is 4.25. The predicted octanol–water partition coefficient (Wildman–Crippen LogP) is 17.7. The lowest BCUT2D eigenvalue weighted by Gasteiger charge is -2.40. The summed E-state index contributed by atoms with van der Waals surface area (Å²) in [7, 11) is -2.45. The molecule has 4 aliphatic carbocycles. The monoisotopic (exact) mass is 996 g/mol. The van der Waals surface area contributed by atoms with E-state index in [0.29, 0.717) is 0 Å². The van der Waals surface area contributed by atoms with E-state index in [1.807, 2.05) is 24.5 Å². The van der Waals surface area contributed by atoms with Crippen LogP contribution in [0.3, 0.4) is 0 Å². The van der Waals surface area contributed by atoms with Gasteiger partial charge < -0.3 is 14.6 Å².